The maximum atomic E-state index is 12.5. The van der Waals surface area contributed by atoms with Gasteiger partial charge in [0.05, 0.1) is 18.2 Å². The van der Waals surface area contributed by atoms with Crippen molar-refractivity contribution in [2.45, 2.75) is 33.7 Å². The molecule has 0 saturated carbocycles. The summed E-state index contributed by atoms with van der Waals surface area (Å²) in [5.74, 6) is -0.0553. The number of fused-ring (bicyclic) bond motifs is 3. The standard InChI is InChI=1S/C24H24N4O3/c1-4-28-21-8-6-5-7-19(21)20-14-17(9-10-22(20)28)25-23(29)13-15(2)26-27-24(30)18-11-12-31-16(18)3/h5-12,14H,4,13H2,1-3H3,(H,25,29)(H,27,30)/b26-15-. The Hall–Kier alpha value is -3.87. The van der Waals surface area contributed by atoms with Gasteiger partial charge >= 0.3 is 0 Å². The molecule has 4 aromatic rings. The molecule has 0 aliphatic carbocycles. The van der Waals surface area contributed by atoms with Crippen LogP contribution in [0.3, 0.4) is 0 Å². The minimum Gasteiger partial charge on any atom is -0.469 e. The maximum Gasteiger partial charge on any atom is 0.274 e. The normalized spacial score (nSPS) is 11.8. The number of hydrogen-bond donors (Lipinski definition) is 2. The first-order chi connectivity index (χ1) is 15.0. The van der Waals surface area contributed by atoms with Gasteiger partial charge in [0.15, 0.2) is 0 Å². The fraction of sp³-hybridized carbons (Fsp3) is 0.208. The summed E-state index contributed by atoms with van der Waals surface area (Å²) in [6.45, 7) is 6.39. The van der Waals surface area contributed by atoms with Gasteiger partial charge in [-0.1, -0.05) is 18.2 Å². The number of amides is 2. The van der Waals surface area contributed by atoms with E-state index in [4.69, 9.17) is 4.42 Å². The largest absolute Gasteiger partial charge is 0.469 e. The Morgan fingerprint density at radius 2 is 1.84 bits per heavy atom. The zero-order valence-electron chi connectivity index (χ0n) is 17.7. The summed E-state index contributed by atoms with van der Waals surface area (Å²) in [5, 5.41) is 9.20. The molecule has 0 unspecified atom stereocenters. The van der Waals surface area contributed by atoms with Crippen LogP contribution in [0.1, 0.15) is 36.4 Å². The highest BCUT2D eigenvalue weighted by atomic mass is 16.3. The lowest BCUT2D eigenvalue weighted by Gasteiger charge is -2.07. The number of aryl methyl sites for hydroxylation is 2. The van der Waals surface area contributed by atoms with E-state index in [0.717, 1.165) is 28.5 Å². The van der Waals surface area contributed by atoms with Crippen LogP contribution in [-0.4, -0.2) is 22.1 Å². The highest BCUT2D eigenvalue weighted by Crippen LogP contribution is 2.31. The fourth-order valence-electron chi connectivity index (χ4n) is 3.78. The van der Waals surface area contributed by atoms with Crippen molar-refractivity contribution in [1.82, 2.24) is 9.99 Å². The second kappa shape index (κ2) is 8.47. The smallest absolute Gasteiger partial charge is 0.274 e. The molecule has 2 N–H and O–H groups in total. The second-order valence-electron chi connectivity index (χ2n) is 7.40. The number of hydrogen-bond acceptors (Lipinski definition) is 4. The number of aromatic nitrogens is 1. The lowest BCUT2D eigenvalue weighted by molar-refractivity contribution is -0.115. The molecule has 0 atom stereocenters. The van der Waals surface area contributed by atoms with E-state index in [2.05, 4.69) is 39.5 Å². The number of hydrazone groups is 1. The van der Waals surface area contributed by atoms with Crippen LogP contribution in [0.4, 0.5) is 5.69 Å². The van der Waals surface area contributed by atoms with Gasteiger partial charge in [-0.05, 0) is 51.1 Å². The highest BCUT2D eigenvalue weighted by Gasteiger charge is 2.13. The van der Waals surface area contributed by atoms with Gasteiger partial charge < -0.3 is 14.3 Å². The SMILES string of the molecule is CCn1c2ccccc2c2cc(NC(=O)C/C(C)=N\NC(=O)c3ccoc3C)ccc21. The number of nitrogens with zero attached hydrogens (tertiary/aromatic N) is 2. The maximum absolute atomic E-state index is 12.5. The average Bonchev–Trinajstić information content (AvgIpc) is 3.32. The predicted molar refractivity (Wildman–Crippen MR) is 122 cm³/mol. The average molecular weight is 416 g/mol. The summed E-state index contributed by atoms with van der Waals surface area (Å²) in [7, 11) is 0. The van der Waals surface area contributed by atoms with Gasteiger partial charge in [-0.3, -0.25) is 9.59 Å². The minimum absolute atomic E-state index is 0.0689. The third kappa shape index (κ3) is 4.07. The molecule has 0 radical (unpaired) electrons. The van der Waals surface area contributed by atoms with Crippen molar-refractivity contribution in [1.29, 1.82) is 0 Å². The summed E-state index contributed by atoms with van der Waals surface area (Å²) in [5.41, 5.74) is 6.40. The van der Waals surface area contributed by atoms with Gasteiger partial charge in [-0.2, -0.15) is 5.10 Å². The Kier molecular flexibility index (Phi) is 5.58. The van der Waals surface area contributed by atoms with Gasteiger partial charge in [-0.15, -0.1) is 0 Å². The molecule has 0 fully saturated rings. The summed E-state index contributed by atoms with van der Waals surface area (Å²) >= 11 is 0. The van der Waals surface area contributed by atoms with Crippen LogP contribution in [0, 0.1) is 6.92 Å². The van der Waals surface area contributed by atoms with E-state index in [0.29, 0.717) is 17.0 Å². The molecule has 0 bridgehead atoms. The van der Waals surface area contributed by atoms with E-state index in [-0.39, 0.29) is 18.2 Å². The molecule has 2 aromatic carbocycles. The van der Waals surface area contributed by atoms with Crippen LogP contribution in [0.2, 0.25) is 0 Å². The van der Waals surface area contributed by atoms with Gasteiger partial charge in [0.1, 0.15) is 5.76 Å². The van der Waals surface area contributed by atoms with E-state index in [1.807, 2.05) is 30.3 Å². The first kappa shape index (κ1) is 20.4. The lowest BCUT2D eigenvalue weighted by atomic mass is 10.1. The van der Waals surface area contributed by atoms with Crippen LogP contribution in [-0.2, 0) is 11.3 Å². The molecular weight excluding hydrogens is 392 g/mol. The monoisotopic (exact) mass is 416 g/mol. The zero-order valence-corrected chi connectivity index (χ0v) is 17.7. The van der Waals surface area contributed by atoms with Crippen LogP contribution < -0.4 is 10.7 Å². The number of nitrogens with one attached hydrogen (secondary N) is 2. The third-order valence-corrected chi connectivity index (χ3v) is 5.24. The lowest BCUT2D eigenvalue weighted by Crippen LogP contribution is -2.21. The van der Waals surface area contributed by atoms with Crippen molar-refractivity contribution < 1.29 is 14.0 Å². The molecule has 158 valence electrons. The second-order valence-corrected chi connectivity index (χ2v) is 7.40. The van der Waals surface area contributed by atoms with Crippen molar-refractivity contribution in [3.63, 3.8) is 0 Å². The topological polar surface area (TPSA) is 88.6 Å². The number of para-hydroxylation sites is 1. The van der Waals surface area contributed by atoms with Gasteiger partial charge in [0.2, 0.25) is 5.91 Å². The number of furan rings is 1. The molecule has 7 nitrogen and oxygen atoms in total. The van der Waals surface area contributed by atoms with E-state index >= 15 is 0 Å². The van der Waals surface area contributed by atoms with Crippen LogP contribution >= 0.6 is 0 Å². The Bertz CT molecular complexity index is 1310. The van der Waals surface area contributed by atoms with Crippen molar-refractivity contribution in [2.24, 2.45) is 5.10 Å². The highest BCUT2D eigenvalue weighted by molar-refractivity contribution is 6.11. The van der Waals surface area contributed by atoms with Gasteiger partial charge in [0, 0.05) is 39.7 Å². The number of benzene rings is 2. The molecule has 4 rings (SSSR count). The molecule has 0 saturated heterocycles. The zero-order chi connectivity index (χ0) is 22.0. The molecule has 2 amide bonds. The molecule has 0 aliphatic heterocycles. The Labute approximate surface area is 179 Å². The number of rotatable bonds is 6. The van der Waals surface area contributed by atoms with Crippen LogP contribution in [0.25, 0.3) is 21.8 Å². The first-order valence-electron chi connectivity index (χ1n) is 10.2. The molecule has 7 heteroatoms. The molecule has 2 heterocycles. The number of carbonyl (C=O) groups is 2. The molecule has 2 aromatic heterocycles. The van der Waals surface area contributed by atoms with E-state index in [9.17, 15) is 9.59 Å². The fourth-order valence-corrected chi connectivity index (χ4v) is 3.78. The Morgan fingerprint density at radius 3 is 2.58 bits per heavy atom. The predicted octanol–water partition coefficient (Wildman–Crippen LogP) is 4.85. The van der Waals surface area contributed by atoms with E-state index < -0.39 is 0 Å². The van der Waals surface area contributed by atoms with Crippen LogP contribution in [0.15, 0.2) is 64.3 Å². The third-order valence-electron chi connectivity index (χ3n) is 5.24. The summed E-state index contributed by atoms with van der Waals surface area (Å²) in [4.78, 5) is 24.6. The quantitative estimate of drug-likeness (QED) is 0.348. The van der Waals surface area contributed by atoms with Crippen molar-refractivity contribution in [3.8, 4) is 0 Å². The van der Waals surface area contributed by atoms with E-state index in [1.54, 1.807) is 19.9 Å². The van der Waals surface area contributed by atoms with Crippen molar-refractivity contribution >= 4 is 45.0 Å². The Morgan fingerprint density at radius 1 is 1.06 bits per heavy atom. The molecule has 31 heavy (non-hydrogen) atoms. The minimum atomic E-state index is -0.372. The summed E-state index contributed by atoms with van der Waals surface area (Å²) < 4.78 is 7.38. The number of carbonyl (C=O) groups excluding carboxylic acids is 2. The molecular formula is C24H24N4O3. The molecule has 0 spiro atoms. The summed E-state index contributed by atoms with van der Waals surface area (Å²) in [6, 6.07) is 15.8. The van der Waals surface area contributed by atoms with Crippen molar-refractivity contribution in [2.75, 3.05) is 5.32 Å². The van der Waals surface area contributed by atoms with Gasteiger partial charge in [-0.25, -0.2) is 5.43 Å². The first-order valence-corrected chi connectivity index (χ1v) is 10.2. The van der Waals surface area contributed by atoms with E-state index in [1.165, 1.54) is 11.8 Å². The summed E-state index contributed by atoms with van der Waals surface area (Å²) in [6.07, 6.45) is 1.52. The Balaban J connectivity index is 1.46. The van der Waals surface area contributed by atoms with Crippen molar-refractivity contribution in [3.05, 3.63) is 66.1 Å². The van der Waals surface area contributed by atoms with Crippen LogP contribution in [0.5, 0.6) is 0 Å². The number of anilines is 1. The van der Waals surface area contributed by atoms with Gasteiger partial charge in [0.25, 0.3) is 5.91 Å². The molecule has 0 aliphatic rings.